The molecule has 3 nitrogen and oxygen atoms in total. The Morgan fingerprint density at radius 3 is 2.61 bits per heavy atom. The molecular weight excluding hydrogens is 373 g/mol. The summed E-state index contributed by atoms with van der Waals surface area (Å²) in [6, 6.07) is 16.3. The minimum Gasteiger partial charge on any atom is -0.355 e. The molecule has 4 aromatic rings. The summed E-state index contributed by atoms with van der Waals surface area (Å²) in [5.74, 6) is -0.101. The molecule has 4 rings (SSSR count). The van der Waals surface area contributed by atoms with E-state index in [4.69, 9.17) is 11.6 Å². The van der Waals surface area contributed by atoms with Gasteiger partial charge in [0.2, 0.25) is 0 Å². The van der Waals surface area contributed by atoms with E-state index in [-0.39, 0.29) is 11.7 Å². The molecule has 0 unspecified atom stereocenters. The zero-order valence-corrected chi connectivity index (χ0v) is 16.3. The zero-order valence-electron chi connectivity index (χ0n) is 15.6. The number of para-hydroxylation sites is 1. The summed E-state index contributed by atoms with van der Waals surface area (Å²) in [7, 11) is 0. The molecule has 0 aliphatic carbocycles. The van der Waals surface area contributed by atoms with Crippen LogP contribution in [0.2, 0.25) is 5.02 Å². The predicted octanol–water partition coefficient (Wildman–Crippen LogP) is 6.96. The molecule has 2 heterocycles. The Morgan fingerprint density at radius 2 is 1.79 bits per heavy atom. The molecule has 2 aromatic carbocycles. The lowest BCUT2D eigenvalue weighted by atomic mass is 10.0. The minimum absolute atomic E-state index is 0.251. The van der Waals surface area contributed by atoms with Crippen LogP contribution in [0.25, 0.3) is 22.2 Å². The molecule has 28 heavy (non-hydrogen) atoms. The number of hydrogen-bond donors (Lipinski definition) is 1. The number of nitrogens with one attached hydrogen (secondary N) is 1. The van der Waals surface area contributed by atoms with E-state index in [2.05, 4.69) is 29.1 Å². The first-order valence-electron chi connectivity index (χ1n) is 9.09. The van der Waals surface area contributed by atoms with Crippen molar-refractivity contribution >= 4 is 33.9 Å². The van der Waals surface area contributed by atoms with Crippen molar-refractivity contribution in [3.05, 3.63) is 83.4 Å². The first kappa shape index (κ1) is 18.4. The maximum atomic E-state index is 14.4. The average Bonchev–Trinajstić information content (AvgIpc) is 2.70. The van der Waals surface area contributed by atoms with Crippen molar-refractivity contribution in [2.24, 2.45) is 0 Å². The van der Waals surface area contributed by atoms with Gasteiger partial charge >= 0.3 is 0 Å². The molecule has 2 aromatic heterocycles. The molecule has 0 spiro atoms. The molecule has 5 heteroatoms. The van der Waals surface area contributed by atoms with Gasteiger partial charge in [-0.25, -0.2) is 4.39 Å². The monoisotopic (exact) mass is 391 g/mol. The van der Waals surface area contributed by atoms with E-state index in [0.717, 1.165) is 27.8 Å². The van der Waals surface area contributed by atoms with Crippen molar-refractivity contribution in [2.75, 3.05) is 5.32 Å². The van der Waals surface area contributed by atoms with E-state index < -0.39 is 0 Å². The Bertz CT molecular complexity index is 1150. The summed E-state index contributed by atoms with van der Waals surface area (Å²) >= 11 is 6.07. The van der Waals surface area contributed by atoms with Crippen LogP contribution in [-0.2, 0) is 0 Å². The second-order valence-electron chi connectivity index (χ2n) is 6.94. The Hall–Kier alpha value is -2.98. The highest BCUT2D eigenvalue weighted by Gasteiger charge is 2.14. The summed E-state index contributed by atoms with van der Waals surface area (Å²) in [4.78, 5) is 8.90. The normalized spacial score (nSPS) is 11.2. The first-order valence-corrected chi connectivity index (χ1v) is 9.47. The van der Waals surface area contributed by atoms with Crippen molar-refractivity contribution in [1.82, 2.24) is 9.97 Å². The number of aromatic nitrogens is 2. The SMILES string of the molecule is CC(C)c1cnc(-c2cc(Cl)ccc2F)cc1Nc1ccnc2ccccc12. The van der Waals surface area contributed by atoms with Gasteiger partial charge < -0.3 is 5.32 Å². The second-order valence-corrected chi connectivity index (χ2v) is 7.37. The van der Waals surface area contributed by atoms with Crippen LogP contribution in [-0.4, -0.2) is 9.97 Å². The largest absolute Gasteiger partial charge is 0.355 e. The van der Waals surface area contributed by atoms with Crippen LogP contribution >= 0.6 is 11.6 Å². The van der Waals surface area contributed by atoms with Gasteiger partial charge in [0.25, 0.3) is 0 Å². The molecule has 0 amide bonds. The number of pyridine rings is 2. The summed E-state index contributed by atoms with van der Waals surface area (Å²) in [6.45, 7) is 4.21. The van der Waals surface area contributed by atoms with E-state index in [1.807, 2.05) is 36.4 Å². The lowest BCUT2D eigenvalue weighted by Gasteiger charge is -2.17. The molecule has 0 bridgehead atoms. The van der Waals surface area contributed by atoms with Crippen molar-refractivity contribution < 1.29 is 4.39 Å². The molecule has 1 N–H and O–H groups in total. The van der Waals surface area contributed by atoms with Crippen LogP contribution in [0.3, 0.4) is 0 Å². The van der Waals surface area contributed by atoms with Crippen molar-refractivity contribution in [3.63, 3.8) is 0 Å². The van der Waals surface area contributed by atoms with Gasteiger partial charge in [-0.3, -0.25) is 9.97 Å². The van der Waals surface area contributed by atoms with Gasteiger partial charge in [-0.2, -0.15) is 0 Å². The van der Waals surface area contributed by atoms with Gasteiger partial charge in [0.15, 0.2) is 0 Å². The molecule has 0 atom stereocenters. The van der Waals surface area contributed by atoms with Crippen molar-refractivity contribution in [1.29, 1.82) is 0 Å². The van der Waals surface area contributed by atoms with Crippen LogP contribution in [0.1, 0.15) is 25.3 Å². The van der Waals surface area contributed by atoms with Gasteiger partial charge in [0.05, 0.1) is 11.2 Å². The zero-order chi connectivity index (χ0) is 19.7. The van der Waals surface area contributed by atoms with E-state index >= 15 is 0 Å². The average molecular weight is 392 g/mol. The minimum atomic E-state index is -0.352. The number of rotatable bonds is 4. The highest BCUT2D eigenvalue weighted by Crippen LogP contribution is 2.33. The first-order chi connectivity index (χ1) is 13.5. The Kier molecular flexibility index (Phi) is 4.97. The molecular formula is C23H19ClFN3. The van der Waals surface area contributed by atoms with E-state index in [0.29, 0.717) is 16.3 Å². The summed E-state index contributed by atoms with van der Waals surface area (Å²) < 4.78 is 14.4. The van der Waals surface area contributed by atoms with Crippen LogP contribution in [0, 0.1) is 5.82 Å². The number of nitrogens with zero attached hydrogens (tertiary/aromatic N) is 2. The molecule has 0 radical (unpaired) electrons. The second kappa shape index (κ2) is 7.56. The number of anilines is 2. The van der Waals surface area contributed by atoms with Crippen LogP contribution < -0.4 is 5.32 Å². The van der Waals surface area contributed by atoms with Crippen LogP contribution in [0.4, 0.5) is 15.8 Å². The fourth-order valence-electron chi connectivity index (χ4n) is 3.23. The molecule has 0 saturated heterocycles. The van der Waals surface area contributed by atoms with Gasteiger partial charge in [-0.05, 0) is 47.9 Å². The van der Waals surface area contributed by atoms with Crippen molar-refractivity contribution in [2.45, 2.75) is 19.8 Å². The lowest BCUT2D eigenvalue weighted by molar-refractivity contribution is 0.630. The number of benzene rings is 2. The molecule has 0 saturated carbocycles. The molecule has 0 fully saturated rings. The number of hydrogen-bond acceptors (Lipinski definition) is 3. The fraction of sp³-hybridized carbons (Fsp3) is 0.130. The van der Waals surface area contributed by atoms with Crippen LogP contribution in [0.15, 0.2) is 67.0 Å². The summed E-state index contributed by atoms with van der Waals surface area (Å²) in [6.07, 6.45) is 3.57. The van der Waals surface area contributed by atoms with Gasteiger partial charge in [0, 0.05) is 39.7 Å². The van der Waals surface area contributed by atoms with E-state index in [1.54, 1.807) is 18.5 Å². The summed E-state index contributed by atoms with van der Waals surface area (Å²) in [5, 5.41) is 5.00. The lowest BCUT2D eigenvalue weighted by Crippen LogP contribution is -2.01. The third kappa shape index (κ3) is 3.56. The molecule has 0 aliphatic rings. The van der Waals surface area contributed by atoms with Crippen molar-refractivity contribution in [3.8, 4) is 11.3 Å². The highest BCUT2D eigenvalue weighted by atomic mass is 35.5. The topological polar surface area (TPSA) is 37.8 Å². The standard InChI is InChI=1S/C23H19ClFN3/c1-14(2)18-13-27-22(17-11-15(24)7-8-19(17)25)12-23(18)28-21-9-10-26-20-6-4-3-5-16(20)21/h3-14H,1-2H3,(H,26,27,28). The number of fused-ring (bicyclic) bond motifs is 1. The Morgan fingerprint density at radius 1 is 0.964 bits per heavy atom. The Labute approximate surface area is 168 Å². The maximum absolute atomic E-state index is 14.4. The molecule has 0 aliphatic heterocycles. The van der Waals surface area contributed by atoms with Gasteiger partial charge in [0.1, 0.15) is 5.82 Å². The third-order valence-corrected chi connectivity index (χ3v) is 4.91. The Balaban J connectivity index is 1.84. The van der Waals surface area contributed by atoms with Gasteiger partial charge in [-0.15, -0.1) is 0 Å². The quantitative estimate of drug-likeness (QED) is 0.408. The smallest absolute Gasteiger partial charge is 0.132 e. The fourth-order valence-corrected chi connectivity index (χ4v) is 3.40. The highest BCUT2D eigenvalue weighted by molar-refractivity contribution is 6.30. The number of halogens is 2. The maximum Gasteiger partial charge on any atom is 0.132 e. The summed E-state index contributed by atoms with van der Waals surface area (Å²) in [5.41, 5.74) is 4.70. The predicted molar refractivity (Wildman–Crippen MR) is 114 cm³/mol. The molecule has 140 valence electrons. The van der Waals surface area contributed by atoms with Gasteiger partial charge in [-0.1, -0.05) is 43.6 Å². The van der Waals surface area contributed by atoms with E-state index in [1.165, 1.54) is 12.1 Å². The van der Waals surface area contributed by atoms with E-state index in [9.17, 15) is 4.39 Å². The van der Waals surface area contributed by atoms with Crippen LogP contribution in [0.5, 0.6) is 0 Å². The third-order valence-electron chi connectivity index (χ3n) is 4.68.